The van der Waals surface area contributed by atoms with Gasteiger partial charge in [0.25, 0.3) is 0 Å². The van der Waals surface area contributed by atoms with Crippen molar-refractivity contribution in [2.75, 3.05) is 11.5 Å². The molecule has 1 aliphatic heterocycles. The van der Waals surface area contributed by atoms with Crippen LogP contribution in [0.1, 0.15) is 50.9 Å². The first-order valence-electron chi connectivity index (χ1n) is 11.4. The van der Waals surface area contributed by atoms with Crippen LogP contribution >= 0.6 is 15.9 Å². The largest absolute Gasteiger partial charge is 0.256 e. The minimum absolute atomic E-state index is 0.0883. The van der Waals surface area contributed by atoms with Gasteiger partial charge in [-0.1, -0.05) is 57.2 Å². The number of fused-ring (bicyclic) bond motifs is 1. The second kappa shape index (κ2) is 8.57. The third-order valence-corrected chi connectivity index (χ3v) is 8.91. The molecule has 4 aromatic rings. The van der Waals surface area contributed by atoms with Gasteiger partial charge in [-0.15, -0.1) is 0 Å². The van der Waals surface area contributed by atoms with E-state index in [9.17, 15) is 8.42 Å². The molecular formula is C26H27BrN4O2S. The molecule has 0 unspecified atom stereocenters. The Morgan fingerprint density at radius 2 is 1.68 bits per heavy atom. The van der Waals surface area contributed by atoms with E-state index in [4.69, 9.17) is 10.1 Å². The number of sulfone groups is 1. The molecule has 0 radical (unpaired) electrons. The van der Waals surface area contributed by atoms with Gasteiger partial charge >= 0.3 is 0 Å². The number of hydrogen-bond donors (Lipinski definition) is 0. The number of halogens is 1. The summed E-state index contributed by atoms with van der Waals surface area (Å²) in [7, 11) is -2.95. The second-order valence-electron chi connectivity index (χ2n) is 9.93. The van der Waals surface area contributed by atoms with Crippen molar-refractivity contribution in [3.63, 3.8) is 0 Å². The van der Waals surface area contributed by atoms with Crippen LogP contribution in [-0.4, -0.2) is 39.5 Å². The monoisotopic (exact) mass is 538 g/mol. The molecule has 1 fully saturated rings. The molecule has 34 heavy (non-hydrogen) atoms. The molecule has 0 bridgehead atoms. The Morgan fingerprint density at radius 3 is 2.29 bits per heavy atom. The molecular weight excluding hydrogens is 512 g/mol. The molecule has 5 rings (SSSR count). The van der Waals surface area contributed by atoms with Gasteiger partial charge in [-0.2, -0.15) is 5.10 Å². The standard InChI is InChI=1S/C26H27BrN4O2S/c1-26(2,3)24-22(27)23(18-11-13-34(32,33)14-12-18)30-25-20(16-29-31(24)25)19-9-10-21(28-15-19)17-7-5-4-6-8-17/h4-10,15-16,18H,11-14H2,1-3H3. The number of nitrogens with zero attached hydrogens (tertiary/aromatic N) is 4. The molecule has 0 amide bonds. The van der Waals surface area contributed by atoms with Crippen molar-refractivity contribution in [3.8, 4) is 22.4 Å². The molecule has 3 aromatic heterocycles. The molecule has 0 atom stereocenters. The van der Waals surface area contributed by atoms with Crippen LogP contribution in [0, 0.1) is 0 Å². The van der Waals surface area contributed by atoms with Gasteiger partial charge in [0, 0.05) is 34.2 Å². The Hall–Kier alpha value is -2.58. The minimum Gasteiger partial charge on any atom is -0.256 e. The van der Waals surface area contributed by atoms with E-state index >= 15 is 0 Å². The van der Waals surface area contributed by atoms with Crippen LogP contribution in [0.15, 0.2) is 59.3 Å². The summed E-state index contributed by atoms with van der Waals surface area (Å²) in [5.41, 5.74) is 6.36. The molecule has 1 saturated heterocycles. The molecule has 0 saturated carbocycles. The van der Waals surface area contributed by atoms with Crippen LogP contribution in [0.3, 0.4) is 0 Å². The molecule has 0 spiro atoms. The first-order valence-corrected chi connectivity index (χ1v) is 14.1. The van der Waals surface area contributed by atoms with Gasteiger partial charge in [-0.25, -0.2) is 17.9 Å². The fraction of sp³-hybridized carbons (Fsp3) is 0.346. The maximum absolute atomic E-state index is 12.0. The summed E-state index contributed by atoms with van der Waals surface area (Å²) < 4.78 is 26.9. The van der Waals surface area contributed by atoms with Crippen molar-refractivity contribution in [2.24, 2.45) is 0 Å². The van der Waals surface area contributed by atoms with E-state index in [0.717, 1.165) is 43.9 Å². The van der Waals surface area contributed by atoms with Crippen LogP contribution in [0.2, 0.25) is 0 Å². The average molecular weight is 539 g/mol. The second-order valence-corrected chi connectivity index (χ2v) is 13.0. The summed E-state index contributed by atoms with van der Waals surface area (Å²) in [5.74, 6) is 0.503. The Morgan fingerprint density at radius 1 is 0.971 bits per heavy atom. The van der Waals surface area contributed by atoms with E-state index in [1.807, 2.05) is 53.3 Å². The van der Waals surface area contributed by atoms with E-state index in [1.54, 1.807) is 0 Å². The summed E-state index contributed by atoms with van der Waals surface area (Å²) in [5, 5.41) is 4.71. The predicted molar refractivity (Wildman–Crippen MR) is 139 cm³/mol. The third kappa shape index (κ3) is 4.29. The lowest BCUT2D eigenvalue weighted by Crippen LogP contribution is -2.25. The van der Waals surface area contributed by atoms with Crippen LogP contribution in [0.25, 0.3) is 28.0 Å². The smallest absolute Gasteiger partial charge is 0.163 e. The first kappa shape index (κ1) is 23.2. The zero-order chi connectivity index (χ0) is 24.1. The third-order valence-electron chi connectivity index (χ3n) is 6.41. The average Bonchev–Trinajstić information content (AvgIpc) is 3.22. The number of aromatic nitrogens is 4. The van der Waals surface area contributed by atoms with Crippen LogP contribution in [-0.2, 0) is 15.3 Å². The molecule has 176 valence electrons. The Bertz CT molecular complexity index is 1440. The number of rotatable bonds is 3. The molecule has 0 N–H and O–H groups in total. The van der Waals surface area contributed by atoms with Crippen molar-refractivity contribution < 1.29 is 8.42 Å². The maximum Gasteiger partial charge on any atom is 0.163 e. The van der Waals surface area contributed by atoms with Gasteiger partial charge in [0.15, 0.2) is 5.65 Å². The van der Waals surface area contributed by atoms with Crippen molar-refractivity contribution in [3.05, 3.63) is 70.7 Å². The predicted octanol–water partition coefficient (Wildman–Crippen LogP) is 5.81. The molecule has 1 aliphatic rings. The zero-order valence-corrected chi connectivity index (χ0v) is 21.9. The highest BCUT2D eigenvalue weighted by atomic mass is 79.9. The van der Waals surface area contributed by atoms with Gasteiger partial charge in [0.05, 0.1) is 39.3 Å². The van der Waals surface area contributed by atoms with E-state index in [1.165, 1.54) is 0 Å². The highest BCUT2D eigenvalue weighted by Crippen LogP contribution is 2.40. The number of pyridine rings is 1. The van der Waals surface area contributed by atoms with Crippen molar-refractivity contribution >= 4 is 31.4 Å². The van der Waals surface area contributed by atoms with E-state index in [-0.39, 0.29) is 22.8 Å². The lowest BCUT2D eigenvalue weighted by molar-refractivity contribution is 0.522. The Kier molecular flexibility index (Phi) is 5.84. The highest BCUT2D eigenvalue weighted by molar-refractivity contribution is 9.10. The lowest BCUT2D eigenvalue weighted by Gasteiger charge is -2.27. The van der Waals surface area contributed by atoms with Gasteiger partial charge in [0.2, 0.25) is 0 Å². The van der Waals surface area contributed by atoms with Crippen LogP contribution in [0.5, 0.6) is 0 Å². The van der Waals surface area contributed by atoms with E-state index < -0.39 is 9.84 Å². The fourth-order valence-electron chi connectivity index (χ4n) is 4.61. The summed E-state index contributed by atoms with van der Waals surface area (Å²) in [6.45, 7) is 6.46. The van der Waals surface area contributed by atoms with Gasteiger partial charge in [0.1, 0.15) is 9.84 Å². The van der Waals surface area contributed by atoms with Crippen LogP contribution < -0.4 is 0 Å². The van der Waals surface area contributed by atoms with Crippen molar-refractivity contribution in [2.45, 2.75) is 44.9 Å². The molecule has 8 heteroatoms. The van der Waals surface area contributed by atoms with E-state index in [0.29, 0.717) is 12.8 Å². The van der Waals surface area contributed by atoms with E-state index in [2.05, 4.69) is 47.8 Å². The minimum atomic E-state index is -2.95. The Labute approximate surface area is 208 Å². The molecule has 6 nitrogen and oxygen atoms in total. The van der Waals surface area contributed by atoms with Gasteiger partial charge in [-0.05, 0) is 34.8 Å². The van der Waals surface area contributed by atoms with Crippen molar-refractivity contribution in [1.29, 1.82) is 0 Å². The first-order chi connectivity index (χ1) is 16.1. The SMILES string of the molecule is CC(C)(C)c1c(Br)c(C2CCS(=O)(=O)CC2)nc2c(-c3ccc(-c4ccccc4)nc3)cnn12. The summed E-state index contributed by atoms with van der Waals surface area (Å²) in [6.07, 6.45) is 4.89. The molecule has 0 aliphatic carbocycles. The zero-order valence-electron chi connectivity index (χ0n) is 19.5. The summed E-state index contributed by atoms with van der Waals surface area (Å²) in [6, 6.07) is 14.2. The van der Waals surface area contributed by atoms with Crippen LogP contribution in [0.4, 0.5) is 0 Å². The quantitative estimate of drug-likeness (QED) is 0.328. The normalized spacial score (nSPS) is 16.7. The maximum atomic E-state index is 12.0. The van der Waals surface area contributed by atoms with Gasteiger partial charge in [-0.3, -0.25) is 4.98 Å². The highest BCUT2D eigenvalue weighted by Gasteiger charge is 2.32. The fourth-order valence-corrected chi connectivity index (χ4v) is 7.27. The molecule has 4 heterocycles. The topological polar surface area (TPSA) is 77.2 Å². The summed E-state index contributed by atoms with van der Waals surface area (Å²) in [4.78, 5) is 9.76. The van der Waals surface area contributed by atoms with Crippen molar-refractivity contribution in [1.82, 2.24) is 19.6 Å². The van der Waals surface area contributed by atoms with Gasteiger partial charge < -0.3 is 0 Å². The number of benzene rings is 1. The molecule has 1 aromatic carbocycles. The number of hydrogen-bond acceptors (Lipinski definition) is 5. The lowest BCUT2D eigenvalue weighted by atomic mass is 9.89. The Balaban J connectivity index is 1.63. The summed E-state index contributed by atoms with van der Waals surface area (Å²) >= 11 is 3.82.